The summed E-state index contributed by atoms with van der Waals surface area (Å²) >= 11 is 3.42. The Hall–Kier alpha value is -1.03. The molecule has 1 aromatic carbocycles. The van der Waals surface area contributed by atoms with E-state index in [0.29, 0.717) is 6.54 Å². The zero-order valence-electron chi connectivity index (χ0n) is 8.88. The highest BCUT2D eigenvalue weighted by molar-refractivity contribution is 9.10. The van der Waals surface area contributed by atoms with Crippen molar-refractivity contribution in [1.82, 2.24) is 5.32 Å². The van der Waals surface area contributed by atoms with Crippen LogP contribution in [0.2, 0.25) is 0 Å². The van der Waals surface area contributed by atoms with E-state index in [1.807, 2.05) is 24.3 Å². The third-order valence-corrected chi connectivity index (χ3v) is 2.80. The summed E-state index contributed by atoms with van der Waals surface area (Å²) in [6.07, 6.45) is 0. The Balaban J connectivity index is 2.80. The predicted octanol–water partition coefficient (Wildman–Crippen LogP) is 2.40. The highest BCUT2D eigenvalue weighted by atomic mass is 79.9. The Morgan fingerprint density at radius 3 is 2.73 bits per heavy atom. The molecule has 0 saturated carbocycles. The second-order valence-corrected chi connectivity index (χ2v) is 5.03. The van der Waals surface area contributed by atoms with E-state index >= 15 is 0 Å². The van der Waals surface area contributed by atoms with Gasteiger partial charge in [0.25, 0.3) is 0 Å². The van der Waals surface area contributed by atoms with Crippen LogP contribution in [0, 0.1) is 0 Å². The molecule has 0 fully saturated rings. The van der Waals surface area contributed by atoms with E-state index in [2.05, 4.69) is 35.1 Å². The lowest BCUT2D eigenvalue weighted by Crippen LogP contribution is -2.39. The van der Waals surface area contributed by atoms with Crippen molar-refractivity contribution in [3.63, 3.8) is 0 Å². The summed E-state index contributed by atoms with van der Waals surface area (Å²) in [6, 6.07) is 7.54. The third kappa shape index (κ3) is 3.55. The average Bonchev–Trinajstić information content (AvgIpc) is 2.15. The van der Waals surface area contributed by atoms with Crippen molar-refractivity contribution in [3.05, 3.63) is 34.3 Å². The van der Waals surface area contributed by atoms with Crippen LogP contribution in [0.5, 0.6) is 0 Å². The molecule has 82 valence electrons. The van der Waals surface area contributed by atoms with Gasteiger partial charge in [-0.3, -0.25) is 0 Å². The summed E-state index contributed by atoms with van der Waals surface area (Å²) in [5.41, 5.74) is 6.08. The second kappa shape index (κ2) is 4.66. The van der Waals surface area contributed by atoms with Gasteiger partial charge in [0.15, 0.2) is 0 Å². The molecule has 0 atom stereocenters. The first-order chi connectivity index (χ1) is 6.92. The predicted molar refractivity (Wildman–Crippen MR) is 64.8 cm³/mol. The van der Waals surface area contributed by atoms with Crippen LogP contribution in [0.3, 0.4) is 0 Å². The number of carbonyl (C=O) groups is 1. The van der Waals surface area contributed by atoms with Crippen molar-refractivity contribution in [2.24, 2.45) is 5.73 Å². The van der Waals surface area contributed by atoms with E-state index in [1.165, 1.54) is 0 Å². The van der Waals surface area contributed by atoms with Gasteiger partial charge < -0.3 is 11.1 Å². The van der Waals surface area contributed by atoms with E-state index in [9.17, 15) is 4.79 Å². The normalized spacial score (nSPS) is 11.1. The fraction of sp³-hybridized carbons (Fsp3) is 0.364. The lowest BCUT2D eigenvalue weighted by molar-refractivity contribution is 0.246. The maximum absolute atomic E-state index is 10.6. The van der Waals surface area contributed by atoms with Gasteiger partial charge >= 0.3 is 6.03 Å². The number of nitrogens with two attached hydrogens (primary N) is 1. The van der Waals surface area contributed by atoms with E-state index in [0.717, 1.165) is 10.0 Å². The number of halogens is 1. The van der Waals surface area contributed by atoms with Crippen molar-refractivity contribution < 1.29 is 4.79 Å². The van der Waals surface area contributed by atoms with Gasteiger partial charge in [0, 0.05) is 16.4 Å². The molecule has 0 aliphatic heterocycles. The summed E-state index contributed by atoms with van der Waals surface area (Å²) < 4.78 is 1.03. The molecule has 1 aromatic rings. The van der Waals surface area contributed by atoms with Crippen molar-refractivity contribution in [3.8, 4) is 0 Å². The molecule has 0 aromatic heterocycles. The SMILES string of the molecule is CC(C)(CNC(N)=O)c1cccc(Br)c1. The van der Waals surface area contributed by atoms with E-state index < -0.39 is 6.03 Å². The van der Waals surface area contributed by atoms with E-state index in [4.69, 9.17) is 5.73 Å². The molecule has 4 heteroatoms. The minimum absolute atomic E-state index is 0.126. The molecule has 0 bridgehead atoms. The minimum atomic E-state index is -0.488. The van der Waals surface area contributed by atoms with Gasteiger partial charge in [0.1, 0.15) is 0 Å². The molecule has 0 radical (unpaired) electrons. The number of urea groups is 1. The molecule has 15 heavy (non-hydrogen) atoms. The molecule has 0 aliphatic carbocycles. The van der Waals surface area contributed by atoms with Crippen LogP contribution in [-0.2, 0) is 5.41 Å². The first kappa shape index (κ1) is 12.0. The van der Waals surface area contributed by atoms with Gasteiger partial charge in [-0.2, -0.15) is 0 Å². The van der Waals surface area contributed by atoms with Gasteiger partial charge in [-0.05, 0) is 17.7 Å². The zero-order chi connectivity index (χ0) is 11.5. The Labute approximate surface area is 98.2 Å². The fourth-order valence-electron chi connectivity index (χ4n) is 1.32. The number of nitrogens with one attached hydrogen (secondary N) is 1. The van der Waals surface area contributed by atoms with Gasteiger partial charge in [-0.1, -0.05) is 41.9 Å². The van der Waals surface area contributed by atoms with Crippen LogP contribution in [0.25, 0.3) is 0 Å². The molecule has 0 aliphatic rings. The zero-order valence-corrected chi connectivity index (χ0v) is 10.5. The summed E-state index contributed by atoms with van der Waals surface area (Å²) in [7, 11) is 0. The molecule has 1 rings (SSSR count). The molecule has 0 unspecified atom stereocenters. The summed E-state index contributed by atoms with van der Waals surface area (Å²) in [4.78, 5) is 10.6. The quantitative estimate of drug-likeness (QED) is 0.871. The number of primary amides is 1. The van der Waals surface area contributed by atoms with Gasteiger partial charge in [0.2, 0.25) is 0 Å². The largest absolute Gasteiger partial charge is 0.352 e. The summed E-state index contributed by atoms with van der Waals surface area (Å²) in [5.74, 6) is 0. The topological polar surface area (TPSA) is 55.1 Å². The highest BCUT2D eigenvalue weighted by Gasteiger charge is 2.20. The first-order valence-electron chi connectivity index (χ1n) is 4.71. The van der Waals surface area contributed by atoms with Crippen LogP contribution in [0.15, 0.2) is 28.7 Å². The Morgan fingerprint density at radius 1 is 1.53 bits per heavy atom. The van der Waals surface area contributed by atoms with E-state index in [1.54, 1.807) is 0 Å². The summed E-state index contributed by atoms with van der Waals surface area (Å²) in [6.45, 7) is 4.65. The van der Waals surface area contributed by atoms with E-state index in [-0.39, 0.29) is 5.41 Å². The molecule has 3 nitrogen and oxygen atoms in total. The molecule has 0 heterocycles. The van der Waals surface area contributed by atoms with Crippen LogP contribution in [0.1, 0.15) is 19.4 Å². The van der Waals surface area contributed by atoms with Crippen LogP contribution in [0.4, 0.5) is 4.79 Å². The van der Waals surface area contributed by atoms with Crippen LogP contribution < -0.4 is 11.1 Å². The lowest BCUT2D eigenvalue weighted by atomic mass is 9.85. The number of hydrogen-bond donors (Lipinski definition) is 2. The van der Waals surface area contributed by atoms with Crippen molar-refractivity contribution >= 4 is 22.0 Å². The third-order valence-electron chi connectivity index (χ3n) is 2.31. The molecule has 0 spiro atoms. The van der Waals surface area contributed by atoms with Crippen molar-refractivity contribution in [2.75, 3.05) is 6.54 Å². The van der Waals surface area contributed by atoms with Crippen LogP contribution in [-0.4, -0.2) is 12.6 Å². The van der Waals surface area contributed by atoms with Crippen LogP contribution >= 0.6 is 15.9 Å². The number of benzene rings is 1. The molecule has 3 N–H and O–H groups in total. The fourth-order valence-corrected chi connectivity index (χ4v) is 1.72. The Kier molecular flexibility index (Phi) is 3.74. The Bertz CT molecular complexity index is 363. The van der Waals surface area contributed by atoms with Gasteiger partial charge in [-0.15, -0.1) is 0 Å². The molecular formula is C11H15BrN2O. The monoisotopic (exact) mass is 270 g/mol. The van der Waals surface area contributed by atoms with Gasteiger partial charge in [0.05, 0.1) is 0 Å². The standard InChI is InChI=1S/C11H15BrN2O/c1-11(2,7-14-10(13)15)8-4-3-5-9(12)6-8/h3-6H,7H2,1-2H3,(H3,13,14,15). The maximum atomic E-state index is 10.6. The van der Waals surface area contributed by atoms with Crippen molar-refractivity contribution in [2.45, 2.75) is 19.3 Å². The first-order valence-corrected chi connectivity index (χ1v) is 5.50. The highest BCUT2D eigenvalue weighted by Crippen LogP contribution is 2.24. The number of rotatable bonds is 3. The minimum Gasteiger partial charge on any atom is -0.352 e. The lowest BCUT2D eigenvalue weighted by Gasteiger charge is -2.25. The smallest absolute Gasteiger partial charge is 0.312 e. The van der Waals surface area contributed by atoms with Crippen molar-refractivity contribution in [1.29, 1.82) is 0 Å². The average molecular weight is 271 g/mol. The Morgan fingerprint density at radius 2 is 2.20 bits per heavy atom. The number of carbonyl (C=O) groups excluding carboxylic acids is 1. The molecule has 0 saturated heterocycles. The number of hydrogen-bond acceptors (Lipinski definition) is 1. The number of amides is 2. The van der Waals surface area contributed by atoms with Gasteiger partial charge in [-0.25, -0.2) is 4.79 Å². The molecule has 2 amide bonds. The molecular weight excluding hydrogens is 256 g/mol. The summed E-state index contributed by atoms with van der Waals surface area (Å²) in [5, 5.41) is 2.63. The second-order valence-electron chi connectivity index (χ2n) is 4.11. The maximum Gasteiger partial charge on any atom is 0.312 e.